The van der Waals surface area contributed by atoms with Crippen LogP contribution < -0.4 is 5.73 Å². The molecule has 0 saturated carbocycles. The number of nitrogens with zero attached hydrogens (tertiary/aromatic N) is 2. The van der Waals surface area contributed by atoms with Gasteiger partial charge in [-0.15, -0.1) is 0 Å². The fraction of sp³-hybridized carbons (Fsp3) is 0. The van der Waals surface area contributed by atoms with E-state index < -0.39 is 37.7 Å². The Kier molecular flexibility index (Phi) is 3.04. The smallest absolute Gasteiger partial charge is 0.289 e. The molecule has 0 aliphatic carbocycles. The highest BCUT2D eigenvalue weighted by molar-refractivity contribution is 6.33. The Hall–Kier alpha value is -2.22. The lowest BCUT2D eigenvalue weighted by Gasteiger charge is -2.00. The van der Waals surface area contributed by atoms with Crippen molar-refractivity contribution in [1.29, 1.82) is 0 Å². The van der Waals surface area contributed by atoms with Gasteiger partial charge >= 0.3 is 0 Å². The highest BCUT2D eigenvalue weighted by Gasteiger charge is 2.25. The second kappa shape index (κ2) is 4.11. The fourth-order valence-electron chi connectivity index (χ4n) is 1.04. The van der Waals surface area contributed by atoms with E-state index in [2.05, 4.69) is 0 Å². The van der Waals surface area contributed by atoms with Crippen LogP contribution in [0.2, 0.25) is 5.02 Å². The first-order valence-electron chi connectivity index (χ1n) is 3.76. The summed E-state index contributed by atoms with van der Waals surface area (Å²) in [7, 11) is 0. The number of halogens is 1. The normalized spacial score (nSPS) is 9.81. The number of nitro benzene ring substituents is 2. The average Bonchev–Trinajstić information content (AvgIpc) is 2.15. The van der Waals surface area contributed by atoms with Crippen molar-refractivity contribution in [2.75, 3.05) is 0 Å². The van der Waals surface area contributed by atoms with Crippen molar-refractivity contribution in [2.45, 2.75) is 0 Å². The lowest BCUT2D eigenvalue weighted by Crippen LogP contribution is -2.13. The van der Waals surface area contributed by atoms with Gasteiger partial charge in [0.1, 0.15) is 10.6 Å². The number of primary amides is 1. The van der Waals surface area contributed by atoms with E-state index in [4.69, 9.17) is 17.3 Å². The maximum Gasteiger partial charge on any atom is 0.289 e. The molecular weight excluding hydrogens is 242 g/mol. The van der Waals surface area contributed by atoms with Crippen LogP contribution >= 0.6 is 11.6 Å². The third-order valence-electron chi connectivity index (χ3n) is 1.72. The van der Waals surface area contributed by atoms with Crippen LogP contribution in [-0.4, -0.2) is 15.8 Å². The number of nitrogens with two attached hydrogens (primary N) is 1. The zero-order chi connectivity index (χ0) is 12.5. The summed E-state index contributed by atoms with van der Waals surface area (Å²) in [4.78, 5) is 30.1. The van der Waals surface area contributed by atoms with Crippen LogP contribution in [0.1, 0.15) is 10.4 Å². The maximum absolute atomic E-state index is 10.9. The minimum absolute atomic E-state index is 0.429. The molecule has 1 rings (SSSR count). The summed E-state index contributed by atoms with van der Waals surface area (Å²) < 4.78 is 0. The van der Waals surface area contributed by atoms with Crippen LogP contribution in [-0.2, 0) is 0 Å². The summed E-state index contributed by atoms with van der Waals surface area (Å²) in [5.74, 6) is -1.13. The standard InChI is InChI=1S/C7H4ClN3O5/c8-4-2-5(10(13)14)3(7(9)12)1-6(4)11(15)16/h1-2H,(H2,9,12). The van der Waals surface area contributed by atoms with Gasteiger partial charge in [0.15, 0.2) is 0 Å². The number of hydrogen-bond acceptors (Lipinski definition) is 5. The molecule has 0 aliphatic heterocycles. The van der Waals surface area contributed by atoms with Crippen molar-refractivity contribution in [2.24, 2.45) is 5.73 Å². The highest BCUT2D eigenvalue weighted by atomic mass is 35.5. The van der Waals surface area contributed by atoms with Crippen molar-refractivity contribution < 1.29 is 14.6 Å². The van der Waals surface area contributed by atoms with Gasteiger partial charge in [-0.2, -0.15) is 0 Å². The van der Waals surface area contributed by atoms with Crippen LogP contribution in [0.3, 0.4) is 0 Å². The molecule has 0 unspecified atom stereocenters. The Labute approximate surface area is 92.9 Å². The zero-order valence-corrected chi connectivity index (χ0v) is 8.30. The molecule has 0 spiro atoms. The largest absolute Gasteiger partial charge is 0.365 e. The summed E-state index contributed by atoms with van der Waals surface area (Å²) >= 11 is 5.45. The number of nitro groups is 2. The van der Waals surface area contributed by atoms with Gasteiger partial charge in [-0.05, 0) is 0 Å². The molecule has 16 heavy (non-hydrogen) atoms. The van der Waals surface area contributed by atoms with Crippen molar-refractivity contribution >= 4 is 28.9 Å². The molecule has 0 atom stereocenters. The number of carbonyl (C=O) groups is 1. The second-order valence-corrected chi connectivity index (χ2v) is 3.11. The van der Waals surface area contributed by atoms with Gasteiger partial charge < -0.3 is 5.73 Å². The third-order valence-corrected chi connectivity index (χ3v) is 2.03. The highest BCUT2D eigenvalue weighted by Crippen LogP contribution is 2.31. The maximum atomic E-state index is 10.9. The van der Waals surface area contributed by atoms with E-state index in [1.165, 1.54) is 0 Å². The minimum Gasteiger partial charge on any atom is -0.365 e. The number of rotatable bonds is 3. The van der Waals surface area contributed by atoms with Crippen LogP contribution in [0.25, 0.3) is 0 Å². The fourth-order valence-corrected chi connectivity index (χ4v) is 1.27. The predicted octanol–water partition coefficient (Wildman–Crippen LogP) is 1.26. The van der Waals surface area contributed by atoms with Gasteiger partial charge in [-0.25, -0.2) is 0 Å². The number of benzene rings is 1. The van der Waals surface area contributed by atoms with E-state index in [-0.39, 0.29) is 0 Å². The molecule has 2 N–H and O–H groups in total. The molecule has 1 aromatic rings. The first-order valence-corrected chi connectivity index (χ1v) is 4.14. The number of hydrogen-bond donors (Lipinski definition) is 1. The topological polar surface area (TPSA) is 129 Å². The van der Waals surface area contributed by atoms with E-state index >= 15 is 0 Å². The van der Waals surface area contributed by atoms with Crippen molar-refractivity contribution in [1.82, 2.24) is 0 Å². The molecule has 0 radical (unpaired) electrons. The van der Waals surface area contributed by atoms with Crippen LogP contribution in [0.4, 0.5) is 11.4 Å². The SMILES string of the molecule is NC(=O)c1cc([N+](=O)[O-])c(Cl)cc1[N+](=O)[O-]. The summed E-state index contributed by atoms with van der Waals surface area (Å²) in [5.41, 5.74) is 3.03. The first kappa shape index (κ1) is 11.9. The lowest BCUT2D eigenvalue weighted by atomic mass is 10.1. The zero-order valence-electron chi connectivity index (χ0n) is 7.55. The summed E-state index contributed by atoms with van der Waals surface area (Å²) in [6.45, 7) is 0. The van der Waals surface area contributed by atoms with Gasteiger partial charge in [0.05, 0.1) is 9.85 Å². The summed E-state index contributed by atoms with van der Waals surface area (Å²) in [6, 6.07) is 1.41. The van der Waals surface area contributed by atoms with E-state index in [0.29, 0.717) is 6.07 Å². The van der Waals surface area contributed by atoms with E-state index in [9.17, 15) is 25.0 Å². The Morgan fingerprint density at radius 2 is 1.69 bits per heavy atom. The number of carbonyl (C=O) groups excluding carboxylic acids is 1. The molecule has 8 nitrogen and oxygen atoms in total. The molecule has 84 valence electrons. The van der Waals surface area contributed by atoms with Gasteiger partial charge in [0, 0.05) is 12.1 Å². The summed E-state index contributed by atoms with van der Waals surface area (Å²) in [5, 5.41) is 20.6. The molecule has 0 aromatic heterocycles. The molecule has 0 heterocycles. The van der Waals surface area contributed by atoms with Crippen molar-refractivity contribution in [3.8, 4) is 0 Å². The predicted molar refractivity (Wildman–Crippen MR) is 53.3 cm³/mol. The van der Waals surface area contributed by atoms with Gasteiger partial charge in [0.25, 0.3) is 17.3 Å². The Balaban J connectivity index is 3.55. The minimum atomic E-state index is -1.13. The van der Waals surface area contributed by atoms with E-state index in [1.54, 1.807) is 0 Å². The van der Waals surface area contributed by atoms with Crippen LogP contribution in [0, 0.1) is 20.2 Å². The van der Waals surface area contributed by atoms with Crippen LogP contribution in [0.15, 0.2) is 12.1 Å². The van der Waals surface area contributed by atoms with Gasteiger partial charge in [-0.3, -0.25) is 25.0 Å². The van der Waals surface area contributed by atoms with E-state index in [0.717, 1.165) is 6.07 Å². The average molecular weight is 246 g/mol. The summed E-state index contributed by atoms with van der Waals surface area (Å²) in [6.07, 6.45) is 0. The molecule has 0 bridgehead atoms. The quantitative estimate of drug-likeness (QED) is 0.633. The Morgan fingerprint density at radius 3 is 2.06 bits per heavy atom. The van der Waals surface area contributed by atoms with Crippen LogP contribution in [0.5, 0.6) is 0 Å². The molecule has 0 fully saturated rings. The second-order valence-electron chi connectivity index (χ2n) is 2.70. The first-order chi connectivity index (χ1) is 7.34. The molecule has 1 amide bonds. The Morgan fingerprint density at radius 1 is 1.19 bits per heavy atom. The van der Waals surface area contributed by atoms with E-state index in [1.807, 2.05) is 0 Å². The van der Waals surface area contributed by atoms with Gasteiger partial charge in [-0.1, -0.05) is 11.6 Å². The third kappa shape index (κ3) is 2.06. The molecule has 0 aliphatic rings. The number of amides is 1. The molecule has 0 saturated heterocycles. The van der Waals surface area contributed by atoms with Gasteiger partial charge in [0.2, 0.25) is 0 Å². The molecule has 9 heteroatoms. The monoisotopic (exact) mass is 245 g/mol. The Bertz CT molecular complexity index is 501. The van der Waals surface area contributed by atoms with Crippen molar-refractivity contribution in [3.63, 3.8) is 0 Å². The van der Waals surface area contributed by atoms with Crippen molar-refractivity contribution in [3.05, 3.63) is 42.9 Å². The molecular formula is C7H4ClN3O5. The molecule has 1 aromatic carbocycles. The lowest BCUT2D eigenvalue weighted by molar-refractivity contribution is -0.389.